The first-order valence-corrected chi connectivity index (χ1v) is 6.05. The van der Waals surface area contributed by atoms with Crippen molar-refractivity contribution in [3.05, 3.63) is 51.1 Å². The van der Waals surface area contributed by atoms with Gasteiger partial charge in [0.25, 0.3) is 5.91 Å². The second-order valence-electron chi connectivity index (χ2n) is 3.41. The fourth-order valence-corrected chi connectivity index (χ4v) is 1.72. The lowest BCUT2D eigenvalue weighted by atomic mass is 10.2. The molecule has 0 bridgehead atoms. The first-order chi connectivity index (χ1) is 8.99. The van der Waals surface area contributed by atoms with Gasteiger partial charge < -0.3 is 5.32 Å². The Morgan fingerprint density at radius 1 is 1.21 bits per heavy atom. The van der Waals surface area contributed by atoms with E-state index in [9.17, 15) is 9.18 Å². The van der Waals surface area contributed by atoms with Gasteiger partial charge in [-0.25, -0.2) is 14.4 Å². The van der Waals surface area contributed by atoms with Gasteiger partial charge in [0.15, 0.2) is 11.0 Å². The smallest absolute Gasteiger partial charge is 0.259 e. The van der Waals surface area contributed by atoms with Crippen LogP contribution in [-0.2, 0) is 0 Å². The second kappa shape index (κ2) is 5.69. The van der Waals surface area contributed by atoms with Crippen LogP contribution >= 0.6 is 34.8 Å². The molecule has 0 saturated heterocycles. The molecule has 2 rings (SSSR count). The summed E-state index contributed by atoms with van der Waals surface area (Å²) in [5.41, 5.74) is -0.185. The number of carbonyl (C=O) groups is 1. The average molecular weight is 321 g/mol. The Morgan fingerprint density at radius 2 is 1.95 bits per heavy atom. The van der Waals surface area contributed by atoms with Crippen LogP contribution in [0.5, 0.6) is 0 Å². The number of amides is 1. The second-order valence-corrected chi connectivity index (χ2v) is 4.58. The van der Waals surface area contributed by atoms with Crippen molar-refractivity contribution in [1.29, 1.82) is 0 Å². The van der Waals surface area contributed by atoms with Crippen LogP contribution in [0.15, 0.2) is 24.5 Å². The maximum Gasteiger partial charge on any atom is 0.259 e. The van der Waals surface area contributed by atoms with Crippen LogP contribution in [0.25, 0.3) is 0 Å². The molecule has 0 unspecified atom stereocenters. The highest BCUT2D eigenvalue weighted by molar-refractivity contribution is 6.43. The number of halogens is 4. The molecule has 1 aromatic carbocycles. The number of nitrogens with one attached hydrogen (secondary N) is 1. The van der Waals surface area contributed by atoms with Crippen LogP contribution in [0.1, 0.15) is 10.4 Å². The minimum absolute atomic E-state index is 0.000941. The summed E-state index contributed by atoms with van der Waals surface area (Å²) in [6.45, 7) is 0. The number of hydrogen-bond acceptors (Lipinski definition) is 3. The van der Waals surface area contributed by atoms with Crippen LogP contribution in [-0.4, -0.2) is 15.9 Å². The first-order valence-electron chi connectivity index (χ1n) is 4.91. The lowest BCUT2D eigenvalue weighted by Crippen LogP contribution is -2.15. The summed E-state index contributed by atoms with van der Waals surface area (Å²) in [6, 6.07) is 3.68. The zero-order valence-corrected chi connectivity index (χ0v) is 11.4. The van der Waals surface area contributed by atoms with Crippen molar-refractivity contribution >= 4 is 46.5 Å². The van der Waals surface area contributed by atoms with Crippen LogP contribution in [0, 0.1) is 5.82 Å². The normalized spacial score (nSPS) is 10.3. The third kappa shape index (κ3) is 3.12. The fourth-order valence-electron chi connectivity index (χ4n) is 1.28. The molecule has 2 aromatic rings. The molecule has 98 valence electrons. The molecule has 0 spiro atoms. The highest BCUT2D eigenvalue weighted by Crippen LogP contribution is 2.26. The van der Waals surface area contributed by atoms with Gasteiger partial charge in [-0.1, -0.05) is 34.8 Å². The highest BCUT2D eigenvalue weighted by Gasteiger charge is 2.15. The van der Waals surface area contributed by atoms with E-state index >= 15 is 0 Å². The quantitative estimate of drug-likeness (QED) is 0.856. The Hall–Kier alpha value is -1.43. The summed E-state index contributed by atoms with van der Waals surface area (Å²) in [5.74, 6) is -1.46. The van der Waals surface area contributed by atoms with E-state index in [2.05, 4.69) is 15.3 Å². The van der Waals surface area contributed by atoms with E-state index in [0.717, 1.165) is 12.4 Å². The standard InChI is InChI=1S/C11H5Cl3FN3O/c12-5-1-2-6(7(15)3-5)11(19)18-10-8(13)9(14)16-4-17-10/h1-4H,(H,16,17,18,19). The van der Waals surface area contributed by atoms with E-state index in [1.165, 1.54) is 12.1 Å². The number of nitrogens with zero attached hydrogens (tertiary/aromatic N) is 2. The van der Waals surface area contributed by atoms with E-state index in [0.29, 0.717) is 0 Å². The largest absolute Gasteiger partial charge is 0.305 e. The minimum atomic E-state index is -0.749. The van der Waals surface area contributed by atoms with Crippen LogP contribution in [0.3, 0.4) is 0 Å². The van der Waals surface area contributed by atoms with E-state index in [1.807, 2.05) is 0 Å². The Balaban J connectivity index is 2.28. The molecule has 0 atom stereocenters. The topological polar surface area (TPSA) is 54.9 Å². The molecule has 0 aliphatic heterocycles. The molecule has 1 N–H and O–H groups in total. The van der Waals surface area contributed by atoms with Gasteiger partial charge in [-0.15, -0.1) is 0 Å². The molecule has 1 aromatic heterocycles. The summed E-state index contributed by atoms with van der Waals surface area (Å²) in [4.78, 5) is 19.2. The zero-order valence-electron chi connectivity index (χ0n) is 9.12. The van der Waals surface area contributed by atoms with Gasteiger partial charge in [0.1, 0.15) is 17.2 Å². The summed E-state index contributed by atoms with van der Waals surface area (Å²) < 4.78 is 13.5. The molecule has 0 aliphatic carbocycles. The zero-order chi connectivity index (χ0) is 14.0. The van der Waals surface area contributed by atoms with Crippen molar-refractivity contribution in [2.75, 3.05) is 5.32 Å². The van der Waals surface area contributed by atoms with Crippen molar-refractivity contribution in [2.45, 2.75) is 0 Å². The van der Waals surface area contributed by atoms with Crippen molar-refractivity contribution in [3.63, 3.8) is 0 Å². The average Bonchev–Trinajstić information content (AvgIpc) is 2.34. The fraction of sp³-hybridized carbons (Fsp3) is 0. The van der Waals surface area contributed by atoms with Gasteiger partial charge in [-0.3, -0.25) is 4.79 Å². The molecule has 0 fully saturated rings. The third-order valence-electron chi connectivity index (χ3n) is 2.15. The first kappa shape index (κ1) is 14.0. The molecule has 1 heterocycles. The van der Waals surface area contributed by atoms with Crippen LogP contribution in [0.4, 0.5) is 10.2 Å². The number of anilines is 1. The van der Waals surface area contributed by atoms with Crippen LogP contribution in [0.2, 0.25) is 15.2 Å². The Labute approximate surface area is 122 Å². The van der Waals surface area contributed by atoms with Crippen molar-refractivity contribution in [1.82, 2.24) is 9.97 Å². The van der Waals surface area contributed by atoms with Crippen molar-refractivity contribution in [2.24, 2.45) is 0 Å². The molecule has 1 amide bonds. The van der Waals surface area contributed by atoms with Crippen LogP contribution < -0.4 is 5.32 Å². The summed E-state index contributed by atoms with van der Waals surface area (Å²) in [7, 11) is 0. The Morgan fingerprint density at radius 3 is 2.63 bits per heavy atom. The minimum Gasteiger partial charge on any atom is -0.305 e. The maximum atomic E-state index is 13.5. The van der Waals surface area contributed by atoms with Gasteiger partial charge in [-0.2, -0.15) is 0 Å². The number of hydrogen-bond donors (Lipinski definition) is 1. The Bertz CT molecular complexity index is 651. The molecule has 8 heteroatoms. The van der Waals surface area contributed by atoms with Crippen molar-refractivity contribution < 1.29 is 9.18 Å². The van der Waals surface area contributed by atoms with E-state index in [-0.39, 0.29) is 26.6 Å². The molecular weight excluding hydrogens is 315 g/mol. The van der Waals surface area contributed by atoms with E-state index < -0.39 is 11.7 Å². The third-order valence-corrected chi connectivity index (χ3v) is 3.13. The molecule has 0 radical (unpaired) electrons. The summed E-state index contributed by atoms with van der Waals surface area (Å²) in [5, 5.41) is 2.50. The summed E-state index contributed by atoms with van der Waals surface area (Å²) >= 11 is 17.1. The van der Waals surface area contributed by atoms with Gasteiger partial charge in [0, 0.05) is 5.02 Å². The number of aromatic nitrogens is 2. The predicted molar refractivity (Wildman–Crippen MR) is 71.4 cm³/mol. The molecule has 0 aliphatic rings. The predicted octanol–water partition coefficient (Wildman–Crippen LogP) is 3.83. The van der Waals surface area contributed by atoms with Gasteiger partial charge in [0.2, 0.25) is 0 Å². The number of benzene rings is 1. The monoisotopic (exact) mass is 319 g/mol. The SMILES string of the molecule is O=C(Nc1ncnc(Cl)c1Cl)c1ccc(Cl)cc1F. The van der Waals surface area contributed by atoms with E-state index in [1.54, 1.807) is 0 Å². The molecule has 4 nitrogen and oxygen atoms in total. The lowest BCUT2D eigenvalue weighted by molar-refractivity contribution is 0.102. The molecule has 19 heavy (non-hydrogen) atoms. The highest BCUT2D eigenvalue weighted by atomic mass is 35.5. The van der Waals surface area contributed by atoms with Gasteiger partial charge in [0.05, 0.1) is 5.56 Å². The molecule has 0 saturated carbocycles. The van der Waals surface area contributed by atoms with Gasteiger partial charge >= 0.3 is 0 Å². The number of carbonyl (C=O) groups excluding carboxylic acids is 1. The van der Waals surface area contributed by atoms with E-state index in [4.69, 9.17) is 34.8 Å². The maximum absolute atomic E-state index is 13.5. The van der Waals surface area contributed by atoms with Gasteiger partial charge in [-0.05, 0) is 18.2 Å². The number of rotatable bonds is 2. The Kier molecular flexibility index (Phi) is 4.19. The summed E-state index contributed by atoms with van der Waals surface area (Å²) in [6.07, 6.45) is 1.13. The molecular formula is C11H5Cl3FN3O. The lowest BCUT2D eigenvalue weighted by Gasteiger charge is -2.07. The van der Waals surface area contributed by atoms with Crippen molar-refractivity contribution in [3.8, 4) is 0 Å².